The molecule has 1 aromatic heterocycles. The number of thioether (sulfide) groups is 1. The monoisotopic (exact) mass is 486 g/mol. The number of carbonyl (C=O) groups excluding carboxylic acids is 1. The number of allylic oxidation sites excluding steroid dienone is 1. The van der Waals surface area contributed by atoms with Crippen molar-refractivity contribution in [3.05, 3.63) is 78.1 Å². The molecule has 1 heterocycles. The topological polar surface area (TPSA) is 131 Å². The minimum absolute atomic E-state index is 0.0305. The molecule has 0 unspecified atom stereocenters. The summed E-state index contributed by atoms with van der Waals surface area (Å²) in [6.45, 7) is 5.84. The van der Waals surface area contributed by atoms with Gasteiger partial charge in [-0.1, -0.05) is 41.6 Å². The molecule has 0 aliphatic rings. The maximum Gasteiger partial charge on any atom is 0.335 e. The van der Waals surface area contributed by atoms with Crippen LogP contribution >= 0.6 is 11.8 Å². The molecule has 1 amide bonds. The van der Waals surface area contributed by atoms with E-state index in [4.69, 9.17) is 5.11 Å². The van der Waals surface area contributed by atoms with Gasteiger partial charge in [0.2, 0.25) is 5.91 Å². The van der Waals surface area contributed by atoms with Gasteiger partial charge in [0.05, 0.1) is 16.2 Å². The number of nitrogens with zero attached hydrogens (tertiary/aromatic N) is 3. The number of hydrogen-bond acceptors (Lipinski definition) is 7. The summed E-state index contributed by atoms with van der Waals surface area (Å²) < 4.78 is 27.2. The molecule has 172 valence electrons. The molecule has 0 saturated heterocycles. The van der Waals surface area contributed by atoms with Crippen LogP contribution in [-0.2, 0) is 26.9 Å². The lowest BCUT2D eigenvalue weighted by Crippen LogP contribution is -2.15. The SMILES string of the molecule is C=CCn1c(CS(=O)(=O)c2ccc(C)cc2)nnc1SCC(=O)Nc1cccc(C(=O)O)c1. The molecule has 0 radical (unpaired) electrons. The molecular weight excluding hydrogens is 464 g/mol. The van der Waals surface area contributed by atoms with Crippen LogP contribution in [0.5, 0.6) is 0 Å². The quantitative estimate of drug-likeness (QED) is 0.330. The number of aromatic carboxylic acids is 1. The first kappa shape index (κ1) is 24.2. The first-order valence-electron chi connectivity index (χ1n) is 9.78. The number of aryl methyl sites for hydroxylation is 1. The number of carboxylic acid groups (broad SMARTS) is 1. The molecule has 9 nitrogen and oxygen atoms in total. The van der Waals surface area contributed by atoms with Gasteiger partial charge >= 0.3 is 5.97 Å². The van der Waals surface area contributed by atoms with Crippen molar-refractivity contribution in [2.75, 3.05) is 11.1 Å². The predicted molar refractivity (Wildman–Crippen MR) is 125 cm³/mol. The Morgan fingerprint density at radius 2 is 1.91 bits per heavy atom. The van der Waals surface area contributed by atoms with Crippen LogP contribution in [0.1, 0.15) is 21.7 Å². The molecule has 0 aliphatic carbocycles. The van der Waals surface area contributed by atoms with Crippen molar-refractivity contribution in [2.24, 2.45) is 0 Å². The van der Waals surface area contributed by atoms with Crippen LogP contribution in [0.25, 0.3) is 0 Å². The van der Waals surface area contributed by atoms with Crippen LogP contribution in [0.3, 0.4) is 0 Å². The van der Waals surface area contributed by atoms with E-state index in [0.717, 1.165) is 17.3 Å². The Morgan fingerprint density at radius 1 is 1.18 bits per heavy atom. The van der Waals surface area contributed by atoms with Gasteiger partial charge in [0.15, 0.2) is 15.0 Å². The van der Waals surface area contributed by atoms with E-state index >= 15 is 0 Å². The van der Waals surface area contributed by atoms with E-state index in [-0.39, 0.29) is 40.2 Å². The summed E-state index contributed by atoms with van der Waals surface area (Å²) in [6, 6.07) is 12.5. The second-order valence-corrected chi connectivity index (χ2v) is 10.0. The first-order valence-corrected chi connectivity index (χ1v) is 12.4. The summed E-state index contributed by atoms with van der Waals surface area (Å²) in [4.78, 5) is 23.6. The van der Waals surface area contributed by atoms with Gasteiger partial charge in [-0.2, -0.15) is 0 Å². The number of anilines is 1. The zero-order valence-electron chi connectivity index (χ0n) is 17.8. The standard InChI is InChI=1S/C22H22N4O5S2/c1-3-11-26-19(14-33(30,31)18-9-7-15(2)8-10-18)24-25-22(26)32-13-20(27)23-17-6-4-5-16(12-17)21(28)29/h3-10,12H,1,11,13-14H2,2H3,(H,23,27)(H,28,29). The summed E-state index contributed by atoms with van der Waals surface area (Å²) in [5.41, 5.74) is 1.37. The second kappa shape index (κ2) is 10.5. The number of sulfone groups is 1. The molecule has 0 fully saturated rings. The average Bonchev–Trinajstić information content (AvgIpc) is 3.13. The minimum Gasteiger partial charge on any atom is -0.478 e. The van der Waals surface area contributed by atoms with Gasteiger partial charge in [0, 0.05) is 12.2 Å². The fourth-order valence-electron chi connectivity index (χ4n) is 2.90. The Kier molecular flexibility index (Phi) is 7.67. The van der Waals surface area contributed by atoms with E-state index in [0.29, 0.717) is 10.8 Å². The molecule has 0 bridgehead atoms. The zero-order valence-corrected chi connectivity index (χ0v) is 19.4. The summed E-state index contributed by atoms with van der Waals surface area (Å²) in [7, 11) is -3.63. The van der Waals surface area contributed by atoms with E-state index < -0.39 is 15.8 Å². The smallest absolute Gasteiger partial charge is 0.335 e. The summed E-state index contributed by atoms with van der Waals surface area (Å²) in [5, 5.41) is 20.1. The Labute approximate surface area is 195 Å². The van der Waals surface area contributed by atoms with Crippen LogP contribution in [0, 0.1) is 6.92 Å². The van der Waals surface area contributed by atoms with Crippen molar-refractivity contribution in [3.8, 4) is 0 Å². The number of benzene rings is 2. The third kappa shape index (κ3) is 6.30. The first-order chi connectivity index (χ1) is 15.7. The predicted octanol–water partition coefficient (Wildman–Crippen LogP) is 3.18. The van der Waals surface area contributed by atoms with Crippen molar-refractivity contribution in [2.45, 2.75) is 29.3 Å². The summed E-state index contributed by atoms with van der Waals surface area (Å²) in [6.07, 6.45) is 1.59. The van der Waals surface area contributed by atoms with Gasteiger partial charge in [0.1, 0.15) is 11.6 Å². The normalized spacial score (nSPS) is 11.2. The Bertz CT molecular complexity index is 1280. The van der Waals surface area contributed by atoms with Crippen LogP contribution in [0.4, 0.5) is 5.69 Å². The van der Waals surface area contributed by atoms with E-state index in [1.165, 1.54) is 18.2 Å². The molecule has 11 heteroatoms. The van der Waals surface area contributed by atoms with E-state index in [2.05, 4.69) is 22.1 Å². The van der Waals surface area contributed by atoms with Crippen LogP contribution in [0.15, 0.2) is 71.2 Å². The number of rotatable bonds is 10. The number of aromatic nitrogens is 3. The Balaban J connectivity index is 1.71. The lowest BCUT2D eigenvalue weighted by molar-refractivity contribution is -0.113. The summed E-state index contributed by atoms with van der Waals surface area (Å²) in [5.74, 6) is -1.59. The number of nitrogens with one attached hydrogen (secondary N) is 1. The van der Waals surface area contributed by atoms with Gasteiger partial charge < -0.3 is 15.0 Å². The molecular formula is C22H22N4O5S2. The van der Waals surface area contributed by atoms with E-state index in [1.54, 1.807) is 41.0 Å². The van der Waals surface area contributed by atoms with E-state index in [9.17, 15) is 18.0 Å². The highest BCUT2D eigenvalue weighted by Crippen LogP contribution is 2.22. The lowest BCUT2D eigenvalue weighted by atomic mass is 10.2. The number of carboxylic acids is 1. The molecule has 0 aliphatic heterocycles. The molecule has 2 N–H and O–H groups in total. The van der Waals surface area contributed by atoms with E-state index in [1.807, 2.05) is 6.92 Å². The maximum atomic E-state index is 12.8. The van der Waals surface area contributed by atoms with Gasteiger partial charge in [-0.25, -0.2) is 13.2 Å². The average molecular weight is 487 g/mol. The number of amides is 1. The van der Waals surface area contributed by atoms with Crippen LogP contribution < -0.4 is 5.32 Å². The molecule has 3 aromatic rings. The summed E-state index contributed by atoms with van der Waals surface area (Å²) >= 11 is 1.09. The molecule has 0 spiro atoms. The third-order valence-electron chi connectivity index (χ3n) is 4.53. The Morgan fingerprint density at radius 3 is 2.58 bits per heavy atom. The van der Waals surface area contributed by atoms with Gasteiger partial charge in [-0.05, 0) is 37.3 Å². The maximum absolute atomic E-state index is 12.8. The minimum atomic E-state index is -3.63. The molecule has 0 atom stereocenters. The highest BCUT2D eigenvalue weighted by atomic mass is 32.2. The highest BCUT2D eigenvalue weighted by Gasteiger charge is 2.21. The van der Waals surface area contributed by atoms with Gasteiger partial charge in [-0.3, -0.25) is 4.79 Å². The van der Waals surface area contributed by atoms with Crippen LogP contribution in [-0.4, -0.2) is 45.9 Å². The number of carbonyl (C=O) groups is 2. The molecule has 0 saturated carbocycles. The van der Waals surface area contributed by atoms with Crippen LogP contribution in [0.2, 0.25) is 0 Å². The molecule has 33 heavy (non-hydrogen) atoms. The molecule has 2 aromatic carbocycles. The molecule has 3 rings (SSSR count). The Hall–Kier alpha value is -3.44. The second-order valence-electron chi connectivity index (χ2n) is 7.09. The van der Waals surface area contributed by atoms with Crippen molar-refractivity contribution in [3.63, 3.8) is 0 Å². The van der Waals surface area contributed by atoms with Gasteiger partial charge in [-0.15, -0.1) is 16.8 Å². The largest absolute Gasteiger partial charge is 0.478 e. The fourth-order valence-corrected chi connectivity index (χ4v) is 4.94. The third-order valence-corrected chi connectivity index (χ3v) is 7.13. The van der Waals surface area contributed by atoms with Crippen molar-refractivity contribution in [1.82, 2.24) is 14.8 Å². The van der Waals surface area contributed by atoms with Crippen molar-refractivity contribution >= 4 is 39.2 Å². The number of hydrogen-bond donors (Lipinski definition) is 2. The fraction of sp³-hybridized carbons (Fsp3) is 0.182. The van der Waals surface area contributed by atoms with Crippen molar-refractivity contribution in [1.29, 1.82) is 0 Å². The lowest BCUT2D eigenvalue weighted by Gasteiger charge is -2.09. The van der Waals surface area contributed by atoms with Gasteiger partial charge in [0.25, 0.3) is 0 Å². The zero-order chi connectivity index (χ0) is 24.0. The highest BCUT2D eigenvalue weighted by molar-refractivity contribution is 7.99. The van der Waals surface area contributed by atoms with Crippen molar-refractivity contribution < 1.29 is 23.1 Å².